The van der Waals surface area contributed by atoms with Crippen LogP contribution in [0.25, 0.3) is 0 Å². The molecule has 0 bridgehead atoms. The van der Waals surface area contributed by atoms with Crippen LogP contribution in [0.4, 0.5) is 0 Å². The predicted octanol–water partition coefficient (Wildman–Crippen LogP) is 1.46. The van der Waals surface area contributed by atoms with Crippen LogP contribution in [0, 0.1) is 0 Å². The summed E-state index contributed by atoms with van der Waals surface area (Å²) in [5.41, 5.74) is 0. The second-order valence-electron chi connectivity index (χ2n) is 4.29. The highest BCUT2D eigenvalue weighted by atomic mass is 31.2. The van der Waals surface area contributed by atoms with Crippen LogP contribution >= 0.6 is 7.59 Å². The summed E-state index contributed by atoms with van der Waals surface area (Å²) in [5.74, 6) is 0. The van der Waals surface area contributed by atoms with Gasteiger partial charge < -0.3 is 0 Å². The number of rotatable bonds is 1. The molecule has 2 heterocycles. The Balaban J connectivity index is 2.16. The number of hydrogen-bond donors (Lipinski definition) is 0. The van der Waals surface area contributed by atoms with Crippen molar-refractivity contribution in [3.8, 4) is 0 Å². The molecule has 2 rings (SSSR count). The highest BCUT2D eigenvalue weighted by Crippen LogP contribution is 2.58. The lowest BCUT2D eigenvalue weighted by Gasteiger charge is -2.37. The van der Waals surface area contributed by atoms with Crippen LogP contribution in [0.3, 0.4) is 0 Å². The summed E-state index contributed by atoms with van der Waals surface area (Å²) in [5, 5.41) is 0. The van der Waals surface area contributed by atoms with Gasteiger partial charge in [-0.2, -0.15) is 0 Å². The summed E-state index contributed by atoms with van der Waals surface area (Å²) in [6.45, 7) is 3.88. The normalized spacial score (nSPS) is 31.0. The second kappa shape index (κ2) is 3.93. The summed E-state index contributed by atoms with van der Waals surface area (Å²) in [6.07, 6.45) is 3.70. The third-order valence-electron chi connectivity index (χ3n) is 3.34. The molecule has 2 aliphatic rings. The van der Waals surface area contributed by atoms with E-state index in [2.05, 4.69) is 4.67 Å². The van der Waals surface area contributed by atoms with Crippen molar-refractivity contribution in [3.63, 3.8) is 0 Å². The first kappa shape index (κ1) is 10.6. The fraction of sp³-hybridized carbons (Fsp3) is 1.00. The van der Waals surface area contributed by atoms with Crippen LogP contribution < -0.4 is 0 Å². The first-order valence-corrected chi connectivity index (χ1v) is 7.01. The van der Waals surface area contributed by atoms with Crippen molar-refractivity contribution in [2.24, 2.45) is 0 Å². The molecule has 2 fully saturated rings. The molecule has 0 atom stereocenters. The smallest absolute Gasteiger partial charge is 0.270 e. The Hall–Kier alpha value is 0.110. The predicted molar refractivity (Wildman–Crippen MR) is 58.3 cm³/mol. The molecule has 14 heavy (non-hydrogen) atoms. The SMILES string of the molecule is CN1CCN(C)P1(=O)N1CCCCC1. The van der Waals surface area contributed by atoms with Gasteiger partial charge in [-0.25, -0.2) is 14.0 Å². The Labute approximate surface area is 86.4 Å². The zero-order valence-corrected chi connectivity index (χ0v) is 10.0. The van der Waals surface area contributed by atoms with E-state index in [1.54, 1.807) is 0 Å². The van der Waals surface area contributed by atoms with E-state index >= 15 is 0 Å². The molecule has 0 N–H and O–H groups in total. The Morgan fingerprint density at radius 2 is 1.36 bits per heavy atom. The molecular formula is C9H20N3OP. The van der Waals surface area contributed by atoms with Gasteiger partial charge >= 0.3 is 0 Å². The van der Waals surface area contributed by atoms with Gasteiger partial charge in [0.05, 0.1) is 0 Å². The minimum atomic E-state index is -2.33. The van der Waals surface area contributed by atoms with E-state index in [0.29, 0.717) is 0 Å². The Bertz CT molecular complexity index is 238. The molecule has 0 aromatic rings. The van der Waals surface area contributed by atoms with Gasteiger partial charge in [-0.3, -0.25) is 4.57 Å². The number of nitrogens with zero attached hydrogens (tertiary/aromatic N) is 3. The summed E-state index contributed by atoms with van der Waals surface area (Å²) in [4.78, 5) is 0. The highest BCUT2D eigenvalue weighted by Gasteiger charge is 2.43. The molecule has 0 aromatic carbocycles. The minimum absolute atomic E-state index is 0.935. The minimum Gasteiger partial charge on any atom is -0.270 e. The van der Waals surface area contributed by atoms with Crippen LogP contribution in [0.1, 0.15) is 19.3 Å². The maximum absolute atomic E-state index is 12.8. The Kier molecular flexibility index (Phi) is 2.98. The van der Waals surface area contributed by atoms with Gasteiger partial charge in [0.15, 0.2) is 0 Å². The molecule has 82 valence electrons. The van der Waals surface area contributed by atoms with Crippen molar-refractivity contribution in [1.29, 1.82) is 0 Å². The van der Waals surface area contributed by atoms with Crippen LogP contribution in [-0.2, 0) is 4.57 Å². The topological polar surface area (TPSA) is 26.8 Å². The summed E-state index contributed by atoms with van der Waals surface area (Å²) in [7, 11) is 1.64. The van der Waals surface area contributed by atoms with Gasteiger partial charge in [-0.15, -0.1) is 0 Å². The standard InChI is InChI=1S/C9H20N3OP/c1-10-8-9-11(2)14(10,13)12-6-4-3-5-7-12/h3-9H2,1-2H3. The van der Waals surface area contributed by atoms with Crippen LogP contribution in [0.2, 0.25) is 0 Å². The van der Waals surface area contributed by atoms with Crippen LogP contribution in [-0.4, -0.2) is 54.3 Å². The molecule has 0 unspecified atom stereocenters. The highest BCUT2D eigenvalue weighted by molar-refractivity contribution is 7.56. The zero-order chi connectivity index (χ0) is 10.2. The maximum Gasteiger partial charge on any atom is 0.286 e. The van der Waals surface area contributed by atoms with Crippen LogP contribution in [0.5, 0.6) is 0 Å². The fourth-order valence-corrected chi connectivity index (χ4v) is 5.27. The monoisotopic (exact) mass is 217 g/mol. The van der Waals surface area contributed by atoms with Gasteiger partial charge in [-0.05, 0) is 26.9 Å². The maximum atomic E-state index is 12.8. The first-order valence-electron chi connectivity index (χ1n) is 5.44. The second-order valence-corrected chi connectivity index (χ2v) is 7.25. The molecule has 4 nitrogen and oxygen atoms in total. The van der Waals surface area contributed by atoms with Crippen molar-refractivity contribution in [3.05, 3.63) is 0 Å². The molecule has 0 amide bonds. The number of piperidine rings is 1. The van der Waals surface area contributed by atoms with E-state index in [0.717, 1.165) is 26.2 Å². The molecule has 0 spiro atoms. The largest absolute Gasteiger partial charge is 0.286 e. The zero-order valence-electron chi connectivity index (χ0n) is 9.15. The molecule has 0 aromatic heterocycles. The van der Waals surface area contributed by atoms with Crippen molar-refractivity contribution in [2.45, 2.75) is 19.3 Å². The van der Waals surface area contributed by atoms with E-state index in [4.69, 9.17) is 0 Å². The van der Waals surface area contributed by atoms with E-state index in [-0.39, 0.29) is 0 Å². The number of hydrogen-bond acceptors (Lipinski definition) is 1. The van der Waals surface area contributed by atoms with Gasteiger partial charge in [-0.1, -0.05) is 6.42 Å². The van der Waals surface area contributed by atoms with E-state index < -0.39 is 7.59 Å². The molecule has 2 aliphatic heterocycles. The molecule has 5 heteroatoms. The third kappa shape index (κ3) is 1.54. The van der Waals surface area contributed by atoms with E-state index in [1.807, 2.05) is 23.4 Å². The van der Waals surface area contributed by atoms with Gasteiger partial charge in [0, 0.05) is 26.2 Å². The van der Waals surface area contributed by atoms with E-state index in [9.17, 15) is 4.57 Å². The van der Waals surface area contributed by atoms with Crippen molar-refractivity contribution in [2.75, 3.05) is 40.3 Å². The van der Waals surface area contributed by atoms with Crippen molar-refractivity contribution >= 4 is 7.59 Å². The van der Waals surface area contributed by atoms with Crippen LogP contribution in [0.15, 0.2) is 0 Å². The number of likely N-dealkylation sites (N-methyl/N-ethyl adjacent to an activating group) is 2. The summed E-state index contributed by atoms with van der Waals surface area (Å²) >= 11 is 0. The van der Waals surface area contributed by atoms with Gasteiger partial charge in [0.1, 0.15) is 0 Å². The third-order valence-corrected chi connectivity index (χ3v) is 6.65. The lowest BCUT2D eigenvalue weighted by molar-refractivity contribution is 0.304. The van der Waals surface area contributed by atoms with Crippen molar-refractivity contribution < 1.29 is 4.57 Å². The Morgan fingerprint density at radius 3 is 1.86 bits per heavy atom. The lowest BCUT2D eigenvalue weighted by atomic mass is 10.2. The van der Waals surface area contributed by atoms with Gasteiger partial charge in [0.25, 0.3) is 7.59 Å². The average molecular weight is 217 g/mol. The molecule has 2 saturated heterocycles. The quantitative estimate of drug-likeness (QED) is 0.621. The van der Waals surface area contributed by atoms with Crippen molar-refractivity contribution in [1.82, 2.24) is 14.0 Å². The lowest BCUT2D eigenvalue weighted by Crippen LogP contribution is -2.34. The fourth-order valence-electron chi connectivity index (χ4n) is 2.38. The molecule has 0 aliphatic carbocycles. The average Bonchev–Trinajstić information content (AvgIpc) is 2.49. The first-order chi connectivity index (χ1) is 6.65. The molecule has 0 radical (unpaired) electrons. The molecular weight excluding hydrogens is 197 g/mol. The van der Waals surface area contributed by atoms with E-state index in [1.165, 1.54) is 19.3 Å². The summed E-state index contributed by atoms with van der Waals surface area (Å²) in [6, 6.07) is 0. The summed E-state index contributed by atoms with van der Waals surface area (Å²) < 4.78 is 19.1. The Morgan fingerprint density at radius 1 is 0.857 bits per heavy atom. The molecule has 0 saturated carbocycles. The van der Waals surface area contributed by atoms with Gasteiger partial charge in [0.2, 0.25) is 0 Å².